The summed E-state index contributed by atoms with van der Waals surface area (Å²) in [6.07, 6.45) is 2.15. The zero-order valence-electron chi connectivity index (χ0n) is 12.5. The molecule has 114 valence electrons. The first kappa shape index (κ1) is 15.8. The summed E-state index contributed by atoms with van der Waals surface area (Å²) in [5, 5.41) is 2.82. The van der Waals surface area contributed by atoms with E-state index in [1.54, 1.807) is 24.3 Å². The number of hydrogen-bond donors (Lipinski definition) is 1. The maximum absolute atomic E-state index is 11.9. The molecule has 0 heterocycles. The molecule has 0 saturated carbocycles. The number of aryl methyl sites for hydroxylation is 1. The van der Waals surface area contributed by atoms with Gasteiger partial charge in [0.2, 0.25) is 5.91 Å². The van der Waals surface area contributed by atoms with E-state index in [2.05, 4.69) is 22.2 Å². The number of carbonyl (C=O) groups is 2. The highest BCUT2D eigenvalue weighted by atomic mass is 16.5. The second-order valence-electron chi connectivity index (χ2n) is 4.96. The molecular formula is C18H19NO3. The molecule has 4 heteroatoms. The van der Waals surface area contributed by atoms with E-state index in [4.69, 9.17) is 0 Å². The van der Waals surface area contributed by atoms with E-state index in [-0.39, 0.29) is 11.9 Å². The Bertz CT molecular complexity index is 621. The van der Waals surface area contributed by atoms with E-state index in [9.17, 15) is 9.59 Å². The van der Waals surface area contributed by atoms with Gasteiger partial charge in [-0.15, -0.1) is 0 Å². The van der Waals surface area contributed by atoms with Crippen LogP contribution < -0.4 is 5.32 Å². The van der Waals surface area contributed by atoms with Crippen molar-refractivity contribution in [1.82, 2.24) is 0 Å². The lowest BCUT2D eigenvalue weighted by Gasteiger charge is -2.06. The standard InChI is InChI=1S/C18H19NO3/c1-22-18(21)15-10-12-16(13-11-15)19-17(20)9-5-8-14-6-3-2-4-7-14/h2-4,6-7,10-13H,5,8-9H2,1H3,(H,19,20). The van der Waals surface area contributed by atoms with Crippen LogP contribution in [-0.4, -0.2) is 19.0 Å². The first-order valence-electron chi connectivity index (χ1n) is 7.21. The summed E-state index contributed by atoms with van der Waals surface area (Å²) < 4.78 is 4.63. The zero-order chi connectivity index (χ0) is 15.8. The lowest BCUT2D eigenvalue weighted by molar-refractivity contribution is -0.116. The van der Waals surface area contributed by atoms with Gasteiger partial charge in [-0.1, -0.05) is 30.3 Å². The highest BCUT2D eigenvalue weighted by molar-refractivity contribution is 5.93. The molecule has 0 aliphatic heterocycles. The minimum atomic E-state index is -0.388. The average molecular weight is 297 g/mol. The third-order valence-electron chi connectivity index (χ3n) is 3.30. The normalized spacial score (nSPS) is 10.0. The van der Waals surface area contributed by atoms with Crippen molar-refractivity contribution in [3.05, 3.63) is 65.7 Å². The molecule has 2 aromatic rings. The van der Waals surface area contributed by atoms with E-state index in [0.717, 1.165) is 12.8 Å². The van der Waals surface area contributed by atoms with Crippen LogP contribution in [0.5, 0.6) is 0 Å². The van der Waals surface area contributed by atoms with Gasteiger partial charge in [-0.05, 0) is 42.7 Å². The number of ether oxygens (including phenoxy) is 1. The summed E-state index contributed by atoms with van der Waals surface area (Å²) in [6, 6.07) is 16.7. The second kappa shape index (κ2) is 7.98. The number of amides is 1. The van der Waals surface area contributed by atoms with Crippen LogP contribution in [-0.2, 0) is 16.0 Å². The molecule has 2 aromatic carbocycles. The third kappa shape index (κ3) is 4.74. The molecular weight excluding hydrogens is 278 g/mol. The molecule has 0 fully saturated rings. The molecule has 1 amide bonds. The third-order valence-corrected chi connectivity index (χ3v) is 3.30. The van der Waals surface area contributed by atoms with E-state index >= 15 is 0 Å². The van der Waals surface area contributed by atoms with Crippen LogP contribution in [0.3, 0.4) is 0 Å². The Morgan fingerprint density at radius 2 is 1.68 bits per heavy atom. The second-order valence-corrected chi connectivity index (χ2v) is 4.96. The predicted molar refractivity (Wildman–Crippen MR) is 85.8 cm³/mol. The van der Waals surface area contributed by atoms with Gasteiger partial charge in [0.15, 0.2) is 0 Å². The van der Waals surface area contributed by atoms with Crippen LogP contribution in [0.15, 0.2) is 54.6 Å². The SMILES string of the molecule is COC(=O)c1ccc(NC(=O)CCCc2ccccc2)cc1. The molecule has 0 atom stereocenters. The van der Waals surface area contributed by atoms with Gasteiger partial charge in [0.1, 0.15) is 0 Å². The molecule has 0 aliphatic carbocycles. The van der Waals surface area contributed by atoms with Crippen LogP contribution in [0.4, 0.5) is 5.69 Å². The molecule has 0 aliphatic rings. The molecule has 0 unspecified atom stereocenters. The molecule has 1 N–H and O–H groups in total. The highest BCUT2D eigenvalue weighted by Gasteiger charge is 2.06. The summed E-state index contributed by atoms with van der Waals surface area (Å²) in [6.45, 7) is 0. The van der Waals surface area contributed by atoms with Crippen molar-refractivity contribution in [3.63, 3.8) is 0 Å². The van der Waals surface area contributed by atoms with Crippen molar-refractivity contribution in [2.24, 2.45) is 0 Å². The number of rotatable bonds is 6. The topological polar surface area (TPSA) is 55.4 Å². The molecule has 2 rings (SSSR count). The van der Waals surface area contributed by atoms with Crippen molar-refractivity contribution < 1.29 is 14.3 Å². The van der Waals surface area contributed by atoms with Crippen LogP contribution in [0, 0.1) is 0 Å². The molecule has 0 bridgehead atoms. The summed E-state index contributed by atoms with van der Waals surface area (Å²) in [4.78, 5) is 23.2. The van der Waals surface area contributed by atoms with Crippen molar-refractivity contribution >= 4 is 17.6 Å². The fourth-order valence-corrected chi connectivity index (χ4v) is 2.13. The summed E-state index contributed by atoms with van der Waals surface area (Å²) >= 11 is 0. The van der Waals surface area contributed by atoms with Gasteiger partial charge in [-0.25, -0.2) is 4.79 Å². The zero-order valence-corrected chi connectivity index (χ0v) is 12.5. The lowest BCUT2D eigenvalue weighted by Crippen LogP contribution is -2.11. The first-order valence-corrected chi connectivity index (χ1v) is 7.21. The molecule has 0 aromatic heterocycles. The number of nitrogens with one attached hydrogen (secondary N) is 1. The summed E-state index contributed by atoms with van der Waals surface area (Å²) in [5.41, 5.74) is 2.37. The van der Waals surface area contributed by atoms with Gasteiger partial charge < -0.3 is 10.1 Å². The van der Waals surface area contributed by atoms with Gasteiger partial charge >= 0.3 is 5.97 Å². The maximum Gasteiger partial charge on any atom is 0.337 e. The van der Waals surface area contributed by atoms with Gasteiger partial charge in [0.05, 0.1) is 12.7 Å². The molecule has 0 spiro atoms. The van der Waals surface area contributed by atoms with Gasteiger partial charge in [-0.2, -0.15) is 0 Å². The smallest absolute Gasteiger partial charge is 0.337 e. The van der Waals surface area contributed by atoms with E-state index in [0.29, 0.717) is 17.7 Å². The van der Waals surface area contributed by atoms with Gasteiger partial charge in [-0.3, -0.25) is 4.79 Å². The van der Waals surface area contributed by atoms with Crippen molar-refractivity contribution in [3.8, 4) is 0 Å². The van der Waals surface area contributed by atoms with Crippen molar-refractivity contribution in [2.75, 3.05) is 12.4 Å². The fraction of sp³-hybridized carbons (Fsp3) is 0.222. The van der Waals surface area contributed by atoms with Crippen molar-refractivity contribution in [2.45, 2.75) is 19.3 Å². The Kier molecular flexibility index (Phi) is 5.72. The Morgan fingerprint density at radius 1 is 1.00 bits per heavy atom. The monoisotopic (exact) mass is 297 g/mol. The Morgan fingerprint density at radius 3 is 2.32 bits per heavy atom. The summed E-state index contributed by atoms with van der Waals surface area (Å²) in [5.74, 6) is -0.414. The van der Waals surface area contributed by atoms with E-state index < -0.39 is 0 Å². The maximum atomic E-state index is 11.9. The lowest BCUT2D eigenvalue weighted by atomic mass is 10.1. The van der Waals surface area contributed by atoms with Gasteiger partial charge in [0, 0.05) is 12.1 Å². The Labute approximate surface area is 130 Å². The van der Waals surface area contributed by atoms with E-state index in [1.807, 2.05) is 18.2 Å². The minimum absolute atomic E-state index is 0.0262. The fourth-order valence-electron chi connectivity index (χ4n) is 2.13. The Hall–Kier alpha value is -2.62. The number of hydrogen-bond acceptors (Lipinski definition) is 3. The molecule has 4 nitrogen and oxygen atoms in total. The number of anilines is 1. The largest absolute Gasteiger partial charge is 0.465 e. The predicted octanol–water partition coefficient (Wildman–Crippen LogP) is 3.43. The number of esters is 1. The molecule has 0 radical (unpaired) electrons. The average Bonchev–Trinajstić information content (AvgIpc) is 2.56. The minimum Gasteiger partial charge on any atom is -0.465 e. The molecule has 0 saturated heterocycles. The highest BCUT2D eigenvalue weighted by Crippen LogP contribution is 2.12. The van der Waals surface area contributed by atoms with Crippen LogP contribution >= 0.6 is 0 Å². The van der Waals surface area contributed by atoms with Crippen LogP contribution in [0.1, 0.15) is 28.8 Å². The first-order chi connectivity index (χ1) is 10.7. The number of benzene rings is 2. The van der Waals surface area contributed by atoms with Crippen molar-refractivity contribution in [1.29, 1.82) is 0 Å². The van der Waals surface area contributed by atoms with E-state index in [1.165, 1.54) is 12.7 Å². The van der Waals surface area contributed by atoms with Gasteiger partial charge in [0.25, 0.3) is 0 Å². The summed E-state index contributed by atoms with van der Waals surface area (Å²) in [7, 11) is 1.34. The number of carbonyl (C=O) groups excluding carboxylic acids is 2. The quantitative estimate of drug-likeness (QED) is 0.831. The van der Waals surface area contributed by atoms with Crippen LogP contribution in [0.25, 0.3) is 0 Å². The number of methoxy groups -OCH3 is 1. The molecule has 22 heavy (non-hydrogen) atoms. The van der Waals surface area contributed by atoms with Crippen LogP contribution in [0.2, 0.25) is 0 Å². The Balaban J connectivity index is 1.78.